The predicted octanol–water partition coefficient (Wildman–Crippen LogP) is -0.762. The lowest BCUT2D eigenvalue weighted by atomic mass is 10.2. The fourth-order valence-electron chi connectivity index (χ4n) is 1.49. The van der Waals surface area contributed by atoms with Crippen LogP contribution >= 0.6 is 0 Å². The minimum absolute atomic E-state index is 0.00532. The van der Waals surface area contributed by atoms with E-state index in [1.54, 1.807) is 12.1 Å². The highest BCUT2D eigenvalue weighted by atomic mass is 16.3. The van der Waals surface area contributed by atoms with Gasteiger partial charge >= 0.3 is 5.69 Å². The quantitative estimate of drug-likeness (QED) is 0.372. The van der Waals surface area contributed by atoms with E-state index < -0.39 is 23.0 Å². The second kappa shape index (κ2) is 5.74. The van der Waals surface area contributed by atoms with Crippen molar-refractivity contribution >= 4 is 12.1 Å². The molecule has 0 bridgehead atoms. The van der Waals surface area contributed by atoms with E-state index in [9.17, 15) is 24.6 Å². The molecule has 0 fully saturated rings. The number of carbonyl (C=O) groups excluding carboxylic acids is 1. The van der Waals surface area contributed by atoms with Crippen LogP contribution in [0.2, 0.25) is 0 Å². The molecule has 0 radical (unpaired) electrons. The predicted molar refractivity (Wildman–Crippen MR) is 72.5 cm³/mol. The molecule has 9 nitrogen and oxygen atoms in total. The van der Waals surface area contributed by atoms with Crippen LogP contribution < -0.4 is 16.7 Å². The van der Waals surface area contributed by atoms with E-state index in [0.29, 0.717) is 0 Å². The standard InChI is InChI=1S/C12H10N4O5/c17-8-4-2-1-3-6(8)11(20)16-13-5-7-9(18)14-12(21)15-10(7)19/h1-5,17H,(H,16,20)(H3,14,15,18,19,21)/b13-5-. The summed E-state index contributed by atoms with van der Waals surface area (Å²) >= 11 is 0. The molecule has 108 valence electrons. The first-order valence-electron chi connectivity index (χ1n) is 5.66. The Labute approximate surface area is 116 Å². The number of hydrogen-bond donors (Lipinski definition) is 5. The minimum Gasteiger partial charge on any atom is -0.507 e. The maximum Gasteiger partial charge on any atom is 0.328 e. The van der Waals surface area contributed by atoms with Crippen molar-refractivity contribution in [1.29, 1.82) is 0 Å². The Morgan fingerprint density at radius 2 is 1.90 bits per heavy atom. The summed E-state index contributed by atoms with van der Waals surface area (Å²) in [6.45, 7) is 0. The lowest BCUT2D eigenvalue weighted by Gasteiger charge is -2.02. The number of para-hydroxylation sites is 1. The Morgan fingerprint density at radius 3 is 2.57 bits per heavy atom. The number of aromatic amines is 2. The molecule has 0 saturated carbocycles. The molecular formula is C12H10N4O5. The molecule has 1 aromatic heterocycles. The average Bonchev–Trinajstić information content (AvgIpc) is 2.42. The van der Waals surface area contributed by atoms with Gasteiger partial charge in [0.15, 0.2) is 0 Å². The number of phenolic OH excluding ortho intramolecular Hbond substituents is 1. The monoisotopic (exact) mass is 290 g/mol. The number of phenols is 1. The van der Waals surface area contributed by atoms with Crippen molar-refractivity contribution in [1.82, 2.24) is 15.4 Å². The Kier molecular flexibility index (Phi) is 3.84. The molecule has 1 amide bonds. The molecule has 2 rings (SSSR count). The summed E-state index contributed by atoms with van der Waals surface area (Å²) in [5.41, 5.74) is 0.00816. The van der Waals surface area contributed by atoms with Gasteiger partial charge in [0, 0.05) is 0 Å². The molecule has 0 aliphatic carbocycles. The summed E-state index contributed by atoms with van der Waals surface area (Å²) in [4.78, 5) is 37.8. The number of rotatable bonds is 3. The number of nitrogens with zero attached hydrogens (tertiary/aromatic N) is 1. The maximum absolute atomic E-state index is 11.7. The molecule has 5 N–H and O–H groups in total. The Morgan fingerprint density at radius 1 is 1.19 bits per heavy atom. The third kappa shape index (κ3) is 3.15. The van der Waals surface area contributed by atoms with Crippen LogP contribution in [-0.2, 0) is 0 Å². The molecule has 0 unspecified atom stereocenters. The van der Waals surface area contributed by atoms with Gasteiger partial charge in [-0.2, -0.15) is 5.10 Å². The lowest BCUT2D eigenvalue weighted by Crippen LogP contribution is -2.25. The van der Waals surface area contributed by atoms with Gasteiger partial charge in [-0.25, -0.2) is 10.2 Å². The smallest absolute Gasteiger partial charge is 0.328 e. The molecule has 9 heteroatoms. The molecule has 1 aromatic carbocycles. The molecule has 0 aliphatic heterocycles. The van der Waals surface area contributed by atoms with Crippen molar-refractivity contribution in [3.8, 4) is 11.6 Å². The van der Waals surface area contributed by atoms with E-state index in [2.05, 4.69) is 10.5 Å². The van der Waals surface area contributed by atoms with Crippen LogP contribution in [0.4, 0.5) is 0 Å². The van der Waals surface area contributed by atoms with E-state index in [0.717, 1.165) is 6.21 Å². The summed E-state index contributed by atoms with van der Waals surface area (Å²) in [7, 11) is 0. The van der Waals surface area contributed by atoms with Gasteiger partial charge < -0.3 is 10.2 Å². The number of aromatic hydroxyl groups is 2. The summed E-state index contributed by atoms with van der Waals surface area (Å²) in [6, 6.07) is 5.81. The van der Waals surface area contributed by atoms with Crippen LogP contribution in [-0.4, -0.2) is 32.3 Å². The van der Waals surface area contributed by atoms with Crippen LogP contribution in [0.1, 0.15) is 15.9 Å². The molecule has 21 heavy (non-hydrogen) atoms. The summed E-state index contributed by atoms with van der Waals surface area (Å²) in [5, 5.41) is 22.3. The lowest BCUT2D eigenvalue weighted by molar-refractivity contribution is 0.0952. The zero-order valence-corrected chi connectivity index (χ0v) is 10.5. The van der Waals surface area contributed by atoms with Crippen molar-refractivity contribution in [2.75, 3.05) is 0 Å². The number of carbonyl (C=O) groups is 1. The third-order valence-electron chi connectivity index (χ3n) is 2.47. The van der Waals surface area contributed by atoms with Gasteiger partial charge in [0.05, 0.1) is 11.8 Å². The van der Waals surface area contributed by atoms with Gasteiger partial charge in [-0.15, -0.1) is 0 Å². The third-order valence-corrected chi connectivity index (χ3v) is 2.47. The number of benzene rings is 1. The van der Waals surface area contributed by atoms with Crippen molar-refractivity contribution in [3.05, 3.63) is 56.2 Å². The van der Waals surface area contributed by atoms with Gasteiger partial charge in [-0.05, 0) is 12.1 Å². The van der Waals surface area contributed by atoms with Crippen LogP contribution in [0.25, 0.3) is 0 Å². The number of nitrogens with one attached hydrogen (secondary N) is 3. The molecule has 0 atom stereocenters. The number of amides is 1. The summed E-state index contributed by atoms with van der Waals surface area (Å²) in [6.07, 6.45) is 0.863. The normalized spacial score (nSPS) is 10.7. The minimum atomic E-state index is -0.868. The van der Waals surface area contributed by atoms with E-state index in [4.69, 9.17) is 0 Å². The summed E-state index contributed by atoms with van der Waals surface area (Å²) in [5.74, 6) is -1.61. The van der Waals surface area contributed by atoms with Crippen LogP contribution in [0.15, 0.2) is 39.0 Å². The largest absolute Gasteiger partial charge is 0.507 e. The first-order valence-corrected chi connectivity index (χ1v) is 5.66. The number of H-pyrrole nitrogens is 2. The van der Waals surface area contributed by atoms with Gasteiger partial charge in [-0.1, -0.05) is 12.1 Å². The second-order valence-corrected chi connectivity index (χ2v) is 3.89. The zero-order valence-electron chi connectivity index (χ0n) is 10.5. The van der Waals surface area contributed by atoms with Gasteiger partial charge in [0.25, 0.3) is 11.5 Å². The van der Waals surface area contributed by atoms with Gasteiger partial charge in [-0.3, -0.25) is 19.6 Å². The summed E-state index contributed by atoms with van der Waals surface area (Å²) < 4.78 is 0. The Bertz CT molecular complexity index is 821. The van der Waals surface area contributed by atoms with Crippen molar-refractivity contribution in [3.63, 3.8) is 0 Å². The van der Waals surface area contributed by atoms with Crippen LogP contribution in [0.3, 0.4) is 0 Å². The number of hydrogen-bond acceptors (Lipinski definition) is 6. The fraction of sp³-hybridized carbons (Fsp3) is 0. The first kappa shape index (κ1) is 14.1. The van der Waals surface area contributed by atoms with E-state index in [1.165, 1.54) is 12.1 Å². The molecule has 2 aromatic rings. The van der Waals surface area contributed by atoms with E-state index in [-0.39, 0.29) is 16.9 Å². The Balaban J connectivity index is 2.17. The topological polar surface area (TPSA) is 148 Å². The second-order valence-electron chi connectivity index (χ2n) is 3.89. The molecule has 0 spiro atoms. The fourth-order valence-corrected chi connectivity index (χ4v) is 1.49. The highest BCUT2D eigenvalue weighted by Gasteiger charge is 2.09. The van der Waals surface area contributed by atoms with Gasteiger partial charge in [0.1, 0.15) is 11.3 Å². The van der Waals surface area contributed by atoms with Crippen molar-refractivity contribution in [2.24, 2.45) is 5.10 Å². The zero-order chi connectivity index (χ0) is 15.4. The maximum atomic E-state index is 11.7. The Hall–Kier alpha value is -3.36. The molecule has 0 aliphatic rings. The highest BCUT2D eigenvalue weighted by molar-refractivity contribution is 5.97. The van der Waals surface area contributed by atoms with E-state index >= 15 is 0 Å². The molecular weight excluding hydrogens is 280 g/mol. The van der Waals surface area contributed by atoms with Crippen LogP contribution in [0.5, 0.6) is 11.6 Å². The average molecular weight is 290 g/mol. The number of hydrazone groups is 1. The van der Waals surface area contributed by atoms with Crippen molar-refractivity contribution < 1.29 is 15.0 Å². The molecule has 1 heterocycles. The van der Waals surface area contributed by atoms with Gasteiger partial charge in [0.2, 0.25) is 5.88 Å². The van der Waals surface area contributed by atoms with Crippen LogP contribution in [0, 0.1) is 0 Å². The molecule has 0 saturated heterocycles. The van der Waals surface area contributed by atoms with Crippen molar-refractivity contribution in [2.45, 2.75) is 0 Å². The van der Waals surface area contributed by atoms with E-state index in [1.807, 2.05) is 9.97 Å². The number of aromatic nitrogens is 2. The first-order chi connectivity index (χ1) is 9.99. The highest BCUT2D eigenvalue weighted by Crippen LogP contribution is 2.14. The SMILES string of the molecule is O=C(N/N=C\c1c(O)[nH]c(=O)[nH]c1=O)c1ccccc1O.